The number of aliphatic hydroxyl groups excluding tert-OH is 3. The third kappa shape index (κ3) is 2.51. The molecule has 0 amide bonds. The van der Waals surface area contributed by atoms with Crippen LogP contribution in [0.4, 0.5) is 0 Å². The molecule has 6 aliphatic rings. The normalized spacial score (nSPS) is 60.4. The Balaban J connectivity index is 1.37. The number of hydrogen-bond donors (Lipinski definition) is 3. The van der Waals surface area contributed by atoms with Gasteiger partial charge in [-0.2, -0.15) is 0 Å². The molecule has 6 rings (SSSR count). The average Bonchev–Trinajstić information content (AvgIpc) is 3.41. The summed E-state index contributed by atoms with van der Waals surface area (Å²) >= 11 is 0. The number of ether oxygens (including phenoxy) is 1. The molecule has 0 radical (unpaired) electrons. The summed E-state index contributed by atoms with van der Waals surface area (Å²) in [5, 5.41) is 33.9. The van der Waals surface area contributed by atoms with Gasteiger partial charge >= 0.3 is 0 Å². The number of fused-ring (bicyclic) bond motifs is 4. The molecule has 4 heteroatoms. The lowest BCUT2D eigenvalue weighted by Crippen LogP contribution is -2.59. The first kappa shape index (κ1) is 24.2. The van der Waals surface area contributed by atoms with Gasteiger partial charge in [0, 0.05) is 5.41 Å². The number of aliphatic hydroxyl groups is 3. The van der Waals surface area contributed by atoms with E-state index in [0.717, 1.165) is 12.8 Å². The maximum absolute atomic E-state index is 12.2. The Bertz CT molecular complexity index is 855. The van der Waals surface area contributed by atoms with E-state index in [9.17, 15) is 15.3 Å². The molecular formula is C30H50O4. The highest BCUT2D eigenvalue weighted by Crippen LogP contribution is 2.89. The molecule has 4 nitrogen and oxygen atoms in total. The van der Waals surface area contributed by atoms with E-state index in [1.807, 2.05) is 0 Å². The van der Waals surface area contributed by atoms with Crippen LogP contribution >= 0.6 is 0 Å². The molecule has 3 N–H and O–H groups in total. The largest absolute Gasteiger partial charge is 0.393 e. The molecule has 1 aliphatic heterocycles. The lowest BCUT2D eigenvalue weighted by molar-refractivity contribution is -0.184. The van der Waals surface area contributed by atoms with Gasteiger partial charge in [0.1, 0.15) is 0 Å². The highest BCUT2D eigenvalue weighted by molar-refractivity contribution is 5.32. The molecule has 13 unspecified atom stereocenters. The van der Waals surface area contributed by atoms with Gasteiger partial charge < -0.3 is 20.1 Å². The number of hydrogen-bond acceptors (Lipinski definition) is 4. The van der Waals surface area contributed by atoms with E-state index in [4.69, 9.17) is 4.74 Å². The second-order valence-electron chi connectivity index (χ2n) is 15.3. The Labute approximate surface area is 207 Å². The van der Waals surface area contributed by atoms with Crippen LogP contribution in [0.3, 0.4) is 0 Å². The summed E-state index contributed by atoms with van der Waals surface area (Å²) in [5.74, 6) is 2.11. The smallest absolute Gasteiger partial charge is 0.0880 e. The van der Waals surface area contributed by atoms with Gasteiger partial charge in [-0.15, -0.1) is 0 Å². The van der Waals surface area contributed by atoms with Crippen LogP contribution < -0.4 is 0 Å². The molecule has 0 aromatic heterocycles. The predicted molar refractivity (Wildman–Crippen MR) is 133 cm³/mol. The zero-order chi connectivity index (χ0) is 24.6. The SMILES string of the molecule is CC(C)C(O)C1CC(C)C2C(O1)C(O)C1(C)C3CCC4C(C)(C)C(O)CCC45CC35CCC21C. The number of rotatable bonds is 2. The van der Waals surface area contributed by atoms with E-state index in [1.165, 1.54) is 38.5 Å². The van der Waals surface area contributed by atoms with E-state index in [2.05, 4.69) is 48.5 Å². The van der Waals surface area contributed by atoms with Crippen LogP contribution in [0.2, 0.25) is 0 Å². The summed E-state index contributed by atoms with van der Waals surface area (Å²) in [6.07, 6.45) is 7.70. The molecule has 5 aliphatic carbocycles. The van der Waals surface area contributed by atoms with Gasteiger partial charge in [-0.05, 0) is 103 Å². The van der Waals surface area contributed by atoms with Crippen molar-refractivity contribution < 1.29 is 20.1 Å². The van der Waals surface area contributed by atoms with Gasteiger partial charge in [0.05, 0.1) is 30.5 Å². The van der Waals surface area contributed by atoms with Crippen molar-refractivity contribution in [2.24, 2.45) is 56.7 Å². The fourth-order valence-corrected chi connectivity index (χ4v) is 12.0. The summed E-state index contributed by atoms with van der Waals surface area (Å²) in [6.45, 7) is 16.0. The second kappa shape index (κ2) is 7.03. The summed E-state index contributed by atoms with van der Waals surface area (Å²) in [5.41, 5.74) is 0.631. The molecule has 6 fully saturated rings. The topological polar surface area (TPSA) is 69.9 Å². The van der Waals surface area contributed by atoms with Crippen LogP contribution in [0.25, 0.3) is 0 Å². The fourth-order valence-electron chi connectivity index (χ4n) is 12.0. The lowest BCUT2D eigenvalue weighted by atomic mass is 9.41. The van der Waals surface area contributed by atoms with E-state index in [0.29, 0.717) is 34.5 Å². The van der Waals surface area contributed by atoms with E-state index in [-0.39, 0.29) is 40.5 Å². The zero-order valence-electron chi connectivity index (χ0n) is 22.7. The Morgan fingerprint density at radius 3 is 2.21 bits per heavy atom. The highest BCUT2D eigenvalue weighted by atomic mass is 16.5. The van der Waals surface area contributed by atoms with Crippen LogP contribution in [0.1, 0.15) is 99.8 Å². The van der Waals surface area contributed by atoms with E-state index >= 15 is 0 Å². The molecule has 13 atom stereocenters. The Morgan fingerprint density at radius 1 is 0.882 bits per heavy atom. The summed E-state index contributed by atoms with van der Waals surface area (Å²) < 4.78 is 6.68. The molecule has 2 spiro atoms. The molecule has 194 valence electrons. The fraction of sp³-hybridized carbons (Fsp3) is 1.00. The molecule has 34 heavy (non-hydrogen) atoms. The van der Waals surface area contributed by atoms with Crippen LogP contribution in [0.5, 0.6) is 0 Å². The third-order valence-corrected chi connectivity index (χ3v) is 13.9. The van der Waals surface area contributed by atoms with Crippen molar-refractivity contribution >= 4 is 0 Å². The van der Waals surface area contributed by atoms with Gasteiger partial charge in [-0.25, -0.2) is 0 Å². The first-order valence-electron chi connectivity index (χ1n) is 14.5. The van der Waals surface area contributed by atoms with Crippen molar-refractivity contribution in [3.05, 3.63) is 0 Å². The minimum Gasteiger partial charge on any atom is -0.393 e. The van der Waals surface area contributed by atoms with Crippen molar-refractivity contribution in [1.82, 2.24) is 0 Å². The van der Waals surface area contributed by atoms with E-state index in [1.54, 1.807) is 0 Å². The quantitative estimate of drug-likeness (QED) is 0.516. The molecule has 5 saturated carbocycles. The van der Waals surface area contributed by atoms with Gasteiger partial charge in [0.15, 0.2) is 0 Å². The zero-order valence-corrected chi connectivity index (χ0v) is 22.7. The van der Waals surface area contributed by atoms with Gasteiger partial charge in [-0.1, -0.05) is 48.5 Å². The molecule has 1 saturated heterocycles. The minimum absolute atomic E-state index is 0.00547. The molecule has 1 heterocycles. The molecule has 0 bridgehead atoms. The van der Waals surface area contributed by atoms with Crippen LogP contribution in [0.15, 0.2) is 0 Å². The summed E-state index contributed by atoms with van der Waals surface area (Å²) in [4.78, 5) is 0. The highest BCUT2D eigenvalue weighted by Gasteiger charge is 2.84. The van der Waals surface area contributed by atoms with Crippen molar-refractivity contribution in [1.29, 1.82) is 0 Å². The maximum atomic E-state index is 12.2. The van der Waals surface area contributed by atoms with Crippen LogP contribution in [-0.4, -0.2) is 45.8 Å². The Kier molecular flexibility index (Phi) is 5.00. The Morgan fingerprint density at radius 2 is 1.53 bits per heavy atom. The van der Waals surface area contributed by atoms with Crippen molar-refractivity contribution in [2.75, 3.05) is 0 Å². The predicted octanol–water partition coefficient (Wildman–Crippen LogP) is 5.18. The standard InChI is InChI=1S/C30H50O4/c1-16(2)23(32)18-14-17(3)22-24(34-18)25(33)28(7)20-9-8-19-26(4,5)21(31)10-11-29(19)15-30(20,29)13-12-27(22,28)6/h16-25,31-33H,8-15H2,1-7H3. The third-order valence-electron chi connectivity index (χ3n) is 13.9. The van der Waals surface area contributed by atoms with Gasteiger partial charge in [-0.3, -0.25) is 0 Å². The average molecular weight is 475 g/mol. The molecular weight excluding hydrogens is 424 g/mol. The van der Waals surface area contributed by atoms with Gasteiger partial charge in [0.2, 0.25) is 0 Å². The maximum Gasteiger partial charge on any atom is 0.0880 e. The van der Waals surface area contributed by atoms with Crippen molar-refractivity contribution in [3.63, 3.8) is 0 Å². The van der Waals surface area contributed by atoms with E-state index < -0.39 is 12.2 Å². The first-order valence-corrected chi connectivity index (χ1v) is 14.5. The minimum atomic E-state index is -0.469. The van der Waals surface area contributed by atoms with Crippen molar-refractivity contribution in [2.45, 2.75) is 130 Å². The Hall–Kier alpha value is -0.160. The van der Waals surface area contributed by atoms with Gasteiger partial charge in [0.25, 0.3) is 0 Å². The first-order chi connectivity index (χ1) is 15.8. The van der Waals surface area contributed by atoms with Crippen LogP contribution in [-0.2, 0) is 4.74 Å². The lowest BCUT2D eigenvalue weighted by Gasteiger charge is -2.63. The summed E-state index contributed by atoms with van der Waals surface area (Å²) in [6, 6.07) is 0. The molecule has 0 aromatic rings. The molecule has 0 aromatic carbocycles. The van der Waals surface area contributed by atoms with Crippen LogP contribution in [0, 0.1) is 56.7 Å². The second-order valence-corrected chi connectivity index (χ2v) is 15.3. The van der Waals surface area contributed by atoms with Crippen molar-refractivity contribution in [3.8, 4) is 0 Å². The summed E-state index contributed by atoms with van der Waals surface area (Å²) in [7, 11) is 0. The monoisotopic (exact) mass is 474 g/mol.